The van der Waals surface area contributed by atoms with Gasteiger partial charge in [-0.3, -0.25) is 0 Å². The molecule has 5 rings (SSSR count). The van der Waals surface area contributed by atoms with E-state index in [0.29, 0.717) is 17.6 Å². The van der Waals surface area contributed by atoms with Gasteiger partial charge in [-0.15, -0.1) is 21.5 Å². The van der Waals surface area contributed by atoms with Crippen molar-refractivity contribution in [3.05, 3.63) is 76.5 Å². The van der Waals surface area contributed by atoms with Gasteiger partial charge in [-0.2, -0.15) is 0 Å². The number of thiophene rings is 1. The molecule has 7 heteroatoms. The summed E-state index contributed by atoms with van der Waals surface area (Å²) < 4.78 is 5.89. The second-order valence-corrected chi connectivity index (χ2v) is 7.98. The van der Waals surface area contributed by atoms with Crippen LogP contribution in [0.5, 0.6) is 0 Å². The van der Waals surface area contributed by atoms with E-state index in [1.54, 1.807) is 11.3 Å². The van der Waals surface area contributed by atoms with Crippen LogP contribution in [0.25, 0.3) is 34.1 Å². The normalized spacial score (nSPS) is 11.1. The molecule has 0 aliphatic carbocycles. The van der Waals surface area contributed by atoms with E-state index in [-0.39, 0.29) is 0 Å². The number of rotatable bonds is 6. The topological polar surface area (TPSA) is 76.7 Å². The highest BCUT2D eigenvalue weighted by molar-refractivity contribution is 7.09. The number of nitrogens with one attached hydrogen (secondary N) is 1. The zero-order chi connectivity index (χ0) is 20.3. The molecule has 0 bridgehead atoms. The number of benzene rings is 2. The third kappa shape index (κ3) is 3.79. The number of aryl methyl sites for hydroxylation is 1. The van der Waals surface area contributed by atoms with Crippen molar-refractivity contribution in [2.24, 2.45) is 0 Å². The van der Waals surface area contributed by atoms with Gasteiger partial charge in [-0.25, -0.2) is 9.97 Å². The van der Waals surface area contributed by atoms with Gasteiger partial charge in [-0.05, 0) is 49.1 Å². The summed E-state index contributed by atoms with van der Waals surface area (Å²) in [5.41, 5.74) is 2.88. The Bertz CT molecular complexity index is 1280. The Hall–Kier alpha value is -3.58. The van der Waals surface area contributed by atoms with E-state index in [4.69, 9.17) is 9.40 Å². The van der Waals surface area contributed by atoms with Crippen molar-refractivity contribution >= 4 is 28.1 Å². The Morgan fingerprint density at radius 2 is 1.73 bits per heavy atom. The molecular formula is C23H19N5OS. The van der Waals surface area contributed by atoms with Gasteiger partial charge in [0, 0.05) is 22.4 Å². The fourth-order valence-electron chi connectivity index (χ4n) is 3.19. The van der Waals surface area contributed by atoms with E-state index in [2.05, 4.69) is 38.0 Å². The summed E-state index contributed by atoms with van der Waals surface area (Å²) in [5.74, 6) is 1.94. The van der Waals surface area contributed by atoms with Gasteiger partial charge >= 0.3 is 0 Å². The summed E-state index contributed by atoms with van der Waals surface area (Å²) in [6.45, 7) is 2.82. The minimum atomic E-state index is 0.303. The van der Waals surface area contributed by atoms with Crippen LogP contribution in [0.2, 0.25) is 0 Å². The molecule has 0 amide bonds. The third-order valence-electron chi connectivity index (χ3n) is 4.76. The van der Waals surface area contributed by atoms with Gasteiger partial charge in [0.05, 0.1) is 5.52 Å². The maximum Gasteiger partial charge on any atom is 0.286 e. The molecule has 5 aromatic rings. The molecule has 1 N–H and O–H groups in total. The minimum absolute atomic E-state index is 0.303. The first kappa shape index (κ1) is 18.4. The Morgan fingerprint density at radius 3 is 2.57 bits per heavy atom. The smallest absolute Gasteiger partial charge is 0.286 e. The number of nitrogens with zero attached hydrogens (tertiary/aromatic N) is 4. The Balaban J connectivity index is 1.46. The Labute approximate surface area is 177 Å². The fourth-order valence-corrected chi connectivity index (χ4v) is 3.90. The predicted molar refractivity (Wildman–Crippen MR) is 120 cm³/mol. The molecule has 0 atom stereocenters. The molecule has 3 aromatic heterocycles. The molecule has 0 radical (unpaired) electrons. The zero-order valence-corrected chi connectivity index (χ0v) is 17.2. The molecule has 0 spiro atoms. The summed E-state index contributed by atoms with van der Waals surface area (Å²) in [6, 6.07) is 20.1. The number of hydrogen-bond donors (Lipinski definition) is 1. The number of anilines is 1. The molecule has 0 aliphatic rings. The molecule has 2 aromatic carbocycles. The second kappa shape index (κ2) is 8.04. The van der Waals surface area contributed by atoms with Crippen LogP contribution in [0.4, 0.5) is 5.82 Å². The highest BCUT2D eigenvalue weighted by Crippen LogP contribution is 2.26. The lowest BCUT2D eigenvalue weighted by atomic mass is 10.1. The minimum Gasteiger partial charge on any atom is -0.413 e. The summed E-state index contributed by atoms with van der Waals surface area (Å²) in [4.78, 5) is 10.7. The average Bonchev–Trinajstić information content (AvgIpc) is 3.46. The zero-order valence-electron chi connectivity index (χ0n) is 16.4. The molecule has 0 unspecified atom stereocenters. The van der Waals surface area contributed by atoms with E-state index in [9.17, 15) is 0 Å². The first-order valence-electron chi connectivity index (χ1n) is 9.70. The molecule has 0 fully saturated rings. The number of hydrogen-bond acceptors (Lipinski definition) is 7. The van der Waals surface area contributed by atoms with Crippen LogP contribution >= 0.6 is 11.3 Å². The molecule has 0 aliphatic heterocycles. The summed E-state index contributed by atoms with van der Waals surface area (Å²) >= 11 is 1.76. The SMILES string of the molecule is Cc1ccc(-c2nnc(-c3nc(NCCc4cccs4)c4ccccc4n3)o2)cc1. The maximum absolute atomic E-state index is 5.89. The lowest BCUT2D eigenvalue weighted by molar-refractivity contribution is 0.579. The Morgan fingerprint density at radius 1 is 0.900 bits per heavy atom. The maximum atomic E-state index is 5.89. The molecule has 0 saturated carbocycles. The van der Waals surface area contributed by atoms with E-state index in [0.717, 1.165) is 35.2 Å². The summed E-state index contributed by atoms with van der Waals surface area (Å²) in [5, 5.41) is 14.9. The van der Waals surface area contributed by atoms with E-state index in [1.165, 1.54) is 10.4 Å². The number of para-hydroxylation sites is 1. The van der Waals surface area contributed by atoms with Crippen molar-refractivity contribution in [2.75, 3.05) is 11.9 Å². The van der Waals surface area contributed by atoms with Gasteiger partial charge in [0.1, 0.15) is 5.82 Å². The highest BCUT2D eigenvalue weighted by Gasteiger charge is 2.16. The monoisotopic (exact) mass is 413 g/mol. The van der Waals surface area contributed by atoms with Gasteiger partial charge in [0.2, 0.25) is 11.7 Å². The number of fused-ring (bicyclic) bond motifs is 1. The van der Waals surface area contributed by atoms with Crippen LogP contribution in [0.1, 0.15) is 10.4 Å². The molecule has 6 nitrogen and oxygen atoms in total. The Kier molecular flexibility index (Phi) is 4.94. The van der Waals surface area contributed by atoms with Crippen LogP contribution in [0.3, 0.4) is 0 Å². The van der Waals surface area contributed by atoms with Crippen LogP contribution in [-0.2, 0) is 6.42 Å². The first-order valence-corrected chi connectivity index (χ1v) is 10.6. The van der Waals surface area contributed by atoms with Gasteiger partial charge in [0.25, 0.3) is 5.89 Å². The largest absolute Gasteiger partial charge is 0.413 e. The predicted octanol–water partition coefficient (Wildman–Crippen LogP) is 5.37. The van der Waals surface area contributed by atoms with E-state index < -0.39 is 0 Å². The van der Waals surface area contributed by atoms with Crippen molar-refractivity contribution in [2.45, 2.75) is 13.3 Å². The first-order chi connectivity index (χ1) is 14.8. The standard InChI is InChI=1S/C23H19N5OS/c1-15-8-10-16(11-9-15)22-27-28-23(29-22)21-25-19-7-3-2-6-18(19)20(26-21)24-13-12-17-5-4-14-30-17/h2-11,14H,12-13H2,1H3,(H,24,25,26). The number of aromatic nitrogens is 4. The van der Waals surface area contributed by atoms with Crippen LogP contribution in [0, 0.1) is 6.92 Å². The van der Waals surface area contributed by atoms with Crippen molar-refractivity contribution < 1.29 is 4.42 Å². The van der Waals surface area contributed by atoms with Crippen LogP contribution in [0.15, 0.2) is 70.5 Å². The van der Waals surface area contributed by atoms with E-state index in [1.807, 2.05) is 55.5 Å². The fraction of sp³-hybridized carbons (Fsp3) is 0.130. The van der Waals surface area contributed by atoms with Crippen molar-refractivity contribution in [1.82, 2.24) is 20.2 Å². The van der Waals surface area contributed by atoms with Gasteiger partial charge in [-0.1, -0.05) is 35.9 Å². The quantitative estimate of drug-likeness (QED) is 0.403. The second-order valence-electron chi connectivity index (χ2n) is 6.95. The van der Waals surface area contributed by atoms with Gasteiger partial charge in [0.15, 0.2) is 0 Å². The van der Waals surface area contributed by atoms with Crippen molar-refractivity contribution in [1.29, 1.82) is 0 Å². The average molecular weight is 414 g/mol. The van der Waals surface area contributed by atoms with Crippen LogP contribution in [-0.4, -0.2) is 26.7 Å². The van der Waals surface area contributed by atoms with Crippen molar-refractivity contribution in [3.63, 3.8) is 0 Å². The summed E-state index contributed by atoms with van der Waals surface area (Å²) in [6.07, 6.45) is 0.934. The lowest BCUT2D eigenvalue weighted by Gasteiger charge is -2.09. The van der Waals surface area contributed by atoms with Gasteiger partial charge < -0.3 is 9.73 Å². The van der Waals surface area contributed by atoms with Crippen LogP contribution < -0.4 is 5.32 Å². The molecule has 3 heterocycles. The lowest BCUT2D eigenvalue weighted by Crippen LogP contribution is -2.07. The molecule has 148 valence electrons. The van der Waals surface area contributed by atoms with E-state index >= 15 is 0 Å². The highest BCUT2D eigenvalue weighted by atomic mass is 32.1. The molecule has 0 saturated heterocycles. The third-order valence-corrected chi connectivity index (χ3v) is 5.70. The summed E-state index contributed by atoms with van der Waals surface area (Å²) in [7, 11) is 0. The molecular weight excluding hydrogens is 394 g/mol. The molecule has 30 heavy (non-hydrogen) atoms. The van der Waals surface area contributed by atoms with Crippen molar-refractivity contribution in [3.8, 4) is 23.2 Å².